The van der Waals surface area contributed by atoms with Crippen LogP contribution in [-0.4, -0.2) is 31.6 Å². The highest BCUT2D eigenvalue weighted by Gasteiger charge is 2.38. The zero-order valence-corrected chi connectivity index (χ0v) is 9.93. The zero-order chi connectivity index (χ0) is 12.7. The SMILES string of the molecule is CO[C@@H]1OCCC2=C1C(=O)c1ccccc1C2=O. The molecule has 0 saturated carbocycles. The number of carbonyl (C=O) groups is 2. The van der Waals surface area contributed by atoms with Crippen LogP contribution >= 0.6 is 0 Å². The van der Waals surface area contributed by atoms with Gasteiger partial charge in [0.25, 0.3) is 0 Å². The van der Waals surface area contributed by atoms with Gasteiger partial charge in [0, 0.05) is 30.2 Å². The van der Waals surface area contributed by atoms with E-state index in [4.69, 9.17) is 9.47 Å². The third-order valence-electron chi connectivity index (χ3n) is 3.33. The van der Waals surface area contributed by atoms with Gasteiger partial charge >= 0.3 is 0 Å². The van der Waals surface area contributed by atoms with Crippen LogP contribution in [0.2, 0.25) is 0 Å². The first-order chi connectivity index (χ1) is 8.74. The van der Waals surface area contributed by atoms with Gasteiger partial charge in [-0.25, -0.2) is 0 Å². The third-order valence-corrected chi connectivity index (χ3v) is 3.33. The molecule has 92 valence electrons. The molecule has 4 nitrogen and oxygen atoms in total. The lowest BCUT2D eigenvalue weighted by Crippen LogP contribution is -2.35. The molecular weight excluding hydrogens is 232 g/mol. The monoisotopic (exact) mass is 244 g/mol. The van der Waals surface area contributed by atoms with Crippen LogP contribution in [0.15, 0.2) is 35.4 Å². The molecule has 3 rings (SSSR count). The zero-order valence-electron chi connectivity index (χ0n) is 9.93. The van der Waals surface area contributed by atoms with E-state index in [2.05, 4.69) is 0 Å². The van der Waals surface area contributed by atoms with Crippen molar-refractivity contribution in [3.05, 3.63) is 46.5 Å². The van der Waals surface area contributed by atoms with Gasteiger partial charge in [-0.05, 0) is 0 Å². The maximum atomic E-state index is 12.4. The molecule has 0 amide bonds. The summed E-state index contributed by atoms with van der Waals surface area (Å²) in [5, 5.41) is 0. The number of benzene rings is 1. The van der Waals surface area contributed by atoms with E-state index in [1.54, 1.807) is 24.3 Å². The van der Waals surface area contributed by atoms with Crippen LogP contribution in [0.3, 0.4) is 0 Å². The van der Waals surface area contributed by atoms with E-state index in [0.29, 0.717) is 35.3 Å². The summed E-state index contributed by atoms with van der Waals surface area (Å²) < 4.78 is 10.5. The van der Waals surface area contributed by atoms with E-state index >= 15 is 0 Å². The van der Waals surface area contributed by atoms with Crippen LogP contribution < -0.4 is 0 Å². The molecule has 18 heavy (non-hydrogen) atoms. The molecule has 0 spiro atoms. The molecule has 1 aliphatic carbocycles. The summed E-state index contributed by atoms with van der Waals surface area (Å²) in [6.07, 6.45) is -0.257. The summed E-state index contributed by atoms with van der Waals surface area (Å²) in [6.45, 7) is 0.401. The number of ketones is 2. The molecular formula is C14H12O4. The smallest absolute Gasteiger partial charge is 0.195 e. The number of fused-ring (bicyclic) bond motifs is 1. The fourth-order valence-electron chi connectivity index (χ4n) is 2.48. The minimum Gasteiger partial charge on any atom is -0.352 e. The van der Waals surface area contributed by atoms with Crippen molar-refractivity contribution < 1.29 is 19.1 Å². The standard InChI is InChI=1S/C14H12O4/c1-17-14-11-10(6-7-18-14)12(15)8-4-2-3-5-9(8)13(11)16/h2-5,14H,6-7H2,1H3/t14-/m1/s1. The minimum atomic E-state index is -0.724. The normalized spacial score (nSPS) is 22.8. The predicted molar refractivity (Wildman–Crippen MR) is 63.5 cm³/mol. The van der Waals surface area contributed by atoms with Gasteiger partial charge in [-0.1, -0.05) is 24.3 Å². The van der Waals surface area contributed by atoms with E-state index in [9.17, 15) is 9.59 Å². The largest absolute Gasteiger partial charge is 0.352 e. The first-order valence-electron chi connectivity index (χ1n) is 5.80. The predicted octanol–water partition coefficient (Wildman–Crippen LogP) is 1.75. The molecule has 1 aromatic rings. The van der Waals surface area contributed by atoms with Crippen LogP contribution in [0, 0.1) is 0 Å². The number of hydrogen-bond donors (Lipinski definition) is 0. The molecule has 1 atom stereocenters. The molecule has 0 saturated heterocycles. The van der Waals surface area contributed by atoms with Crippen molar-refractivity contribution >= 4 is 11.6 Å². The molecule has 0 aromatic heterocycles. The molecule has 0 unspecified atom stereocenters. The number of carbonyl (C=O) groups excluding carboxylic acids is 2. The fourth-order valence-corrected chi connectivity index (χ4v) is 2.48. The van der Waals surface area contributed by atoms with Gasteiger partial charge in [0.1, 0.15) is 0 Å². The maximum Gasteiger partial charge on any atom is 0.195 e. The van der Waals surface area contributed by atoms with Crippen molar-refractivity contribution in [2.75, 3.05) is 13.7 Å². The van der Waals surface area contributed by atoms with Gasteiger partial charge in [0.15, 0.2) is 17.9 Å². The summed E-state index contributed by atoms with van der Waals surface area (Å²) in [7, 11) is 1.47. The van der Waals surface area contributed by atoms with Crippen LogP contribution in [-0.2, 0) is 9.47 Å². The molecule has 1 aromatic carbocycles. The minimum absolute atomic E-state index is 0.0782. The molecule has 2 aliphatic rings. The number of hydrogen-bond acceptors (Lipinski definition) is 4. The lowest BCUT2D eigenvalue weighted by atomic mass is 9.81. The Hall–Kier alpha value is -1.78. The summed E-state index contributed by atoms with van der Waals surface area (Å²) >= 11 is 0. The van der Waals surface area contributed by atoms with Gasteiger partial charge in [-0.15, -0.1) is 0 Å². The van der Waals surface area contributed by atoms with Gasteiger partial charge in [0.05, 0.1) is 12.2 Å². The lowest BCUT2D eigenvalue weighted by molar-refractivity contribution is -0.102. The highest BCUT2D eigenvalue weighted by molar-refractivity contribution is 6.27. The van der Waals surface area contributed by atoms with Crippen LogP contribution in [0.1, 0.15) is 27.1 Å². The Balaban J connectivity index is 2.20. The topological polar surface area (TPSA) is 52.6 Å². The van der Waals surface area contributed by atoms with E-state index < -0.39 is 6.29 Å². The van der Waals surface area contributed by atoms with Gasteiger partial charge < -0.3 is 9.47 Å². The highest BCUT2D eigenvalue weighted by Crippen LogP contribution is 2.33. The second-order valence-electron chi connectivity index (χ2n) is 4.28. The quantitative estimate of drug-likeness (QED) is 0.755. The Kier molecular flexibility index (Phi) is 2.61. The Morgan fingerprint density at radius 1 is 1.17 bits per heavy atom. The molecule has 1 heterocycles. The number of ether oxygens (including phenoxy) is 2. The number of methoxy groups -OCH3 is 1. The molecule has 1 aliphatic heterocycles. The van der Waals surface area contributed by atoms with E-state index in [0.717, 1.165) is 0 Å². The van der Waals surface area contributed by atoms with Crippen LogP contribution in [0.25, 0.3) is 0 Å². The average molecular weight is 244 g/mol. The Morgan fingerprint density at radius 2 is 1.83 bits per heavy atom. The van der Waals surface area contributed by atoms with Crippen molar-refractivity contribution in [3.63, 3.8) is 0 Å². The summed E-state index contributed by atoms with van der Waals surface area (Å²) in [4.78, 5) is 24.7. The second kappa shape index (κ2) is 4.15. The first kappa shape index (κ1) is 11.3. The van der Waals surface area contributed by atoms with Gasteiger partial charge in [-0.3, -0.25) is 9.59 Å². The van der Waals surface area contributed by atoms with E-state index in [-0.39, 0.29) is 11.6 Å². The molecule has 0 radical (unpaired) electrons. The van der Waals surface area contributed by atoms with Crippen molar-refractivity contribution in [1.29, 1.82) is 0 Å². The van der Waals surface area contributed by atoms with Gasteiger partial charge in [0.2, 0.25) is 0 Å². The van der Waals surface area contributed by atoms with E-state index in [1.807, 2.05) is 0 Å². The average Bonchev–Trinajstić information content (AvgIpc) is 2.44. The maximum absolute atomic E-state index is 12.4. The van der Waals surface area contributed by atoms with Crippen molar-refractivity contribution in [1.82, 2.24) is 0 Å². The molecule has 0 fully saturated rings. The first-order valence-corrected chi connectivity index (χ1v) is 5.80. The Bertz CT molecular complexity index is 571. The van der Waals surface area contributed by atoms with Crippen molar-refractivity contribution in [2.24, 2.45) is 0 Å². The van der Waals surface area contributed by atoms with Crippen LogP contribution in [0.4, 0.5) is 0 Å². The molecule has 0 bridgehead atoms. The lowest BCUT2D eigenvalue weighted by Gasteiger charge is -2.29. The number of Topliss-reactive ketones (excluding diaryl/α,β-unsaturated/α-hetero) is 2. The van der Waals surface area contributed by atoms with Crippen molar-refractivity contribution in [2.45, 2.75) is 12.7 Å². The Morgan fingerprint density at radius 3 is 2.50 bits per heavy atom. The third kappa shape index (κ3) is 1.46. The Labute approximate surface area is 104 Å². The van der Waals surface area contributed by atoms with Crippen LogP contribution in [0.5, 0.6) is 0 Å². The highest BCUT2D eigenvalue weighted by atomic mass is 16.7. The summed E-state index contributed by atoms with van der Waals surface area (Å²) in [5.74, 6) is -0.239. The second-order valence-corrected chi connectivity index (χ2v) is 4.28. The van der Waals surface area contributed by atoms with Crippen molar-refractivity contribution in [3.8, 4) is 0 Å². The van der Waals surface area contributed by atoms with Gasteiger partial charge in [-0.2, -0.15) is 0 Å². The summed E-state index contributed by atoms with van der Waals surface area (Å²) in [6, 6.07) is 6.88. The van der Waals surface area contributed by atoms with E-state index in [1.165, 1.54) is 7.11 Å². The number of rotatable bonds is 1. The summed E-state index contributed by atoms with van der Waals surface area (Å²) in [5.41, 5.74) is 1.83. The molecule has 0 N–H and O–H groups in total. The molecule has 4 heteroatoms. The fraction of sp³-hybridized carbons (Fsp3) is 0.286.